The third-order valence-electron chi connectivity index (χ3n) is 10.5. The minimum atomic E-state index is 0.691. The van der Waals surface area contributed by atoms with Gasteiger partial charge in [-0.1, -0.05) is 176 Å². The maximum absolute atomic E-state index is 5.26. The minimum Gasteiger partial charge on any atom is -0.228 e. The van der Waals surface area contributed by atoms with Crippen molar-refractivity contribution < 1.29 is 0 Å². The lowest BCUT2D eigenvalue weighted by Crippen LogP contribution is -1.96. The Balaban J connectivity index is 1.12. The predicted octanol–water partition coefficient (Wildman–Crippen LogP) is 13.9. The fourth-order valence-electron chi connectivity index (χ4n) is 7.77. The molecular formula is C52H34N2. The lowest BCUT2D eigenvalue weighted by Gasteiger charge is -2.13. The van der Waals surface area contributed by atoms with E-state index < -0.39 is 0 Å². The van der Waals surface area contributed by atoms with E-state index in [0.29, 0.717) is 5.82 Å². The minimum absolute atomic E-state index is 0.691. The zero-order valence-corrected chi connectivity index (χ0v) is 29.5. The Morgan fingerprint density at radius 1 is 0.204 bits per heavy atom. The summed E-state index contributed by atoms with van der Waals surface area (Å²) >= 11 is 0. The molecule has 10 rings (SSSR count). The molecule has 0 unspecified atom stereocenters. The first-order valence-corrected chi connectivity index (χ1v) is 18.4. The van der Waals surface area contributed by atoms with Crippen LogP contribution in [0.5, 0.6) is 0 Å². The van der Waals surface area contributed by atoms with Crippen molar-refractivity contribution in [3.63, 3.8) is 0 Å². The average molecular weight is 687 g/mol. The van der Waals surface area contributed by atoms with Crippen LogP contribution in [0, 0.1) is 0 Å². The van der Waals surface area contributed by atoms with Gasteiger partial charge in [0.25, 0.3) is 0 Å². The molecule has 9 aromatic carbocycles. The van der Waals surface area contributed by atoms with Crippen molar-refractivity contribution in [2.24, 2.45) is 0 Å². The molecule has 0 radical (unpaired) electrons. The second-order valence-corrected chi connectivity index (χ2v) is 13.8. The van der Waals surface area contributed by atoms with Crippen LogP contribution in [0.3, 0.4) is 0 Å². The van der Waals surface area contributed by atoms with Gasteiger partial charge < -0.3 is 0 Å². The van der Waals surface area contributed by atoms with Gasteiger partial charge in [-0.15, -0.1) is 0 Å². The van der Waals surface area contributed by atoms with E-state index in [1.807, 2.05) is 0 Å². The van der Waals surface area contributed by atoms with Gasteiger partial charge in [0, 0.05) is 16.7 Å². The standard InChI is InChI=1S/C52H34N2/c1-3-14-35(15-4-1)37-18-11-21-41(30-37)50-34-51(42-22-12-19-38(31-42)36-16-5-2-6-17-36)54-52(53-50)43-23-13-20-39(32-43)40-28-29-48-46-26-8-7-24-44(46)45-25-9-10-27-47(45)49(48)33-40/h1-34H. The smallest absolute Gasteiger partial charge is 0.160 e. The summed E-state index contributed by atoms with van der Waals surface area (Å²) < 4.78 is 0. The molecule has 2 nitrogen and oxygen atoms in total. The molecule has 0 spiro atoms. The number of benzene rings is 9. The number of hydrogen-bond donors (Lipinski definition) is 0. The van der Waals surface area contributed by atoms with E-state index in [1.54, 1.807) is 0 Å². The molecule has 0 aliphatic heterocycles. The molecule has 1 heterocycles. The van der Waals surface area contributed by atoms with E-state index in [9.17, 15) is 0 Å². The SMILES string of the molecule is c1ccc(-c2cccc(-c3cc(-c4cccc(-c5ccccc5)c4)nc(-c4cccc(-c5ccc6c7ccccc7c7ccccc7c6c5)c4)n3)c2)cc1. The van der Waals surface area contributed by atoms with Crippen molar-refractivity contribution >= 4 is 32.3 Å². The van der Waals surface area contributed by atoms with Gasteiger partial charge in [-0.2, -0.15) is 0 Å². The molecule has 252 valence electrons. The van der Waals surface area contributed by atoms with Gasteiger partial charge in [0.05, 0.1) is 11.4 Å². The molecule has 10 aromatic rings. The van der Waals surface area contributed by atoms with Crippen molar-refractivity contribution in [3.8, 4) is 67.3 Å². The zero-order chi connectivity index (χ0) is 35.8. The number of aromatic nitrogens is 2. The quantitative estimate of drug-likeness (QED) is 0.163. The van der Waals surface area contributed by atoms with Crippen molar-refractivity contribution in [2.75, 3.05) is 0 Å². The van der Waals surface area contributed by atoms with Crippen molar-refractivity contribution in [2.45, 2.75) is 0 Å². The molecule has 0 aliphatic rings. The highest BCUT2D eigenvalue weighted by Crippen LogP contribution is 2.38. The average Bonchev–Trinajstić information content (AvgIpc) is 3.27. The zero-order valence-electron chi connectivity index (χ0n) is 29.5. The molecule has 0 saturated heterocycles. The summed E-state index contributed by atoms with van der Waals surface area (Å²) in [6.07, 6.45) is 0. The second kappa shape index (κ2) is 13.4. The largest absolute Gasteiger partial charge is 0.228 e. The summed E-state index contributed by atoms with van der Waals surface area (Å²) in [6.45, 7) is 0. The molecule has 0 bridgehead atoms. The van der Waals surface area contributed by atoms with Crippen LogP contribution in [-0.2, 0) is 0 Å². The van der Waals surface area contributed by atoms with Crippen LogP contribution in [0.4, 0.5) is 0 Å². The van der Waals surface area contributed by atoms with Gasteiger partial charge in [0.2, 0.25) is 0 Å². The lowest BCUT2D eigenvalue weighted by atomic mass is 9.92. The molecular weight excluding hydrogens is 653 g/mol. The van der Waals surface area contributed by atoms with E-state index in [0.717, 1.165) is 50.3 Å². The molecule has 0 N–H and O–H groups in total. The topological polar surface area (TPSA) is 25.8 Å². The Labute approximate surface area is 314 Å². The van der Waals surface area contributed by atoms with Crippen LogP contribution in [0.25, 0.3) is 99.6 Å². The van der Waals surface area contributed by atoms with E-state index in [1.165, 1.54) is 43.4 Å². The Morgan fingerprint density at radius 2 is 0.556 bits per heavy atom. The summed E-state index contributed by atoms with van der Waals surface area (Å²) in [4.78, 5) is 10.5. The molecule has 2 heteroatoms. The predicted molar refractivity (Wildman–Crippen MR) is 227 cm³/mol. The fourth-order valence-corrected chi connectivity index (χ4v) is 7.77. The first-order valence-electron chi connectivity index (χ1n) is 18.4. The number of nitrogens with zero attached hydrogens (tertiary/aromatic N) is 2. The van der Waals surface area contributed by atoms with E-state index in [2.05, 4.69) is 206 Å². The Bertz CT molecular complexity index is 2850. The van der Waals surface area contributed by atoms with E-state index in [-0.39, 0.29) is 0 Å². The van der Waals surface area contributed by atoms with Crippen LogP contribution in [-0.4, -0.2) is 9.97 Å². The molecule has 1 aromatic heterocycles. The Kier molecular flexibility index (Phi) is 7.85. The molecule has 54 heavy (non-hydrogen) atoms. The summed E-state index contributed by atoms with van der Waals surface area (Å²) in [6, 6.07) is 73.4. The van der Waals surface area contributed by atoms with Crippen LogP contribution >= 0.6 is 0 Å². The normalized spacial score (nSPS) is 11.3. The number of rotatable bonds is 6. The molecule has 0 atom stereocenters. The van der Waals surface area contributed by atoms with Crippen molar-refractivity contribution in [1.82, 2.24) is 9.97 Å². The van der Waals surface area contributed by atoms with Crippen LogP contribution < -0.4 is 0 Å². The maximum Gasteiger partial charge on any atom is 0.160 e. The van der Waals surface area contributed by atoms with Crippen molar-refractivity contribution in [1.29, 1.82) is 0 Å². The van der Waals surface area contributed by atoms with Crippen molar-refractivity contribution in [3.05, 3.63) is 206 Å². The first-order chi connectivity index (χ1) is 26.7. The third-order valence-corrected chi connectivity index (χ3v) is 10.5. The van der Waals surface area contributed by atoms with E-state index >= 15 is 0 Å². The molecule has 0 amide bonds. The third kappa shape index (κ3) is 5.81. The summed E-state index contributed by atoms with van der Waals surface area (Å²) in [5, 5.41) is 7.62. The first kappa shape index (κ1) is 31.6. The Morgan fingerprint density at radius 3 is 1.07 bits per heavy atom. The van der Waals surface area contributed by atoms with Crippen LogP contribution in [0.1, 0.15) is 0 Å². The van der Waals surface area contributed by atoms with Crippen LogP contribution in [0.15, 0.2) is 206 Å². The van der Waals surface area contributed by atoms with Gasteiger partial charge in [0.1, 0.15) is 0 Å². The number of fused-ring (bicyclic) bond motifs is 6. The summed E-state index contributed by atoms with van der Waals surface area (Å²) in [7, 11) is 0. The Hall–Kier alpha value is -7.16. The molecule has 0 aliphatic carbocycles. The highest BCUT2D eigenvalue weighted by Gasteiger charge is 2.14. The lowest BCUT2D eigenvalue weighted by molar-refractivity contribution is 1.18. The highest BCUT2D eigenvalue weighted by atomic mass is 14.9. The number of hydrogen-bond acceptors (Lipinski definition) is 2. The van der Waals surface area contributed by atoms with Crippen LogP contribution in [0.2, 0.25) is 0 Å². The summed E-state index contributed by atoms with van der Waals surface area (Å²) in [5.41, 5.74) is 11.8. The molecule has 0 fully saturated rings. The van der Waals surface area contributed by atoms with Gasteiger partial charge >= 0.3 is 0 Å². The summed E-state index contributed by atoms with van der Waals surface area (Å²) in [5.74, 6) is 0.691. The van der Waals surface area contributed by atoms with Gasteiger partial charge in [-0.05, 0) is 96.0 Å². The van der Waals surface area contributed by atoms with Gasteiger partial charge in [-0.25, -0.2) is 9.97 Å². The van der Waals surface area contributed by atoms with Gasteiger partial charge in [-0.3, -0.25) is 0 Å². The highest BCUT2D eigenvalue weighted by molar-refractivity contribution is 6.25. The fraction of sp³-hybridized carbons (Fsp3) is 0. The second-order valence-electron chi connectivity index (χ2n) is 13.8. The van der Waals surface area contributed by atoms with E-state index in [4.69, 9.17) is 9.97 Å². The van der Waals surface area contributed by atoms with Gasteiger partial charge in [0.15, 0.2) is 5.82 Å². The molecule has 0 saturated carbocycles. The maximum atomic E-state index is 5.26. The monoisotopic (exact) mass is 686 g/mol.